The zero-order chi connectivity index (χ0) is 18.1. The lowest BCUT2D eigenvalue weighted by atomic mass is 10.1. The first-order valence-electron chi connectivity index (χ1n) is 8.88. The highest BCUT2D eigenvalue weighted by Gasteiger charge is 2.14. The van der Waals surface area contributed by atoms with E-state index in [1.54, 1.807) is 30.5 Å². The van der Waals surface area contributed by atoms with Gasteiger partial charge in [-0.15, -0.1) is 0 Å². The number of nitrogens with zero attached hydrogens (tertiary/aromatic N) is 2. The number of nitrogens with one attached hydrogen (secondary N) is 1. The van der Waals surface area contributed by atoms with Crippen molar-refractivity contribution in [2.75, 3.05) is 25.0 Å². The highest BCUT2D eigenvalue weighted by atomic mass is 19.1. The largest absolute Gasteiger partial charge is 0.370 e. The third-order valence-corrected chi connectivity index (χ3v) is 3.94. The van der Waals surface area contributed by atoms with E-state index in [2.05, 4.69) is 24.1 Å². The summed E-state index contributed by atoms with van der Waals surface area (Å²) in [6, 6.07) is 10.3. The zero-order valence-corrected chi connectivity index (χ0v) is 15.0. The zero-order valence-electron chi connectivity index (χ0n) is 15.0. The molecule has 5 heteroatoms. The van der Waals surface area contributed by atoms with E-state index in [0.29, 0.717) is 29.9 Å². The molecular formula is C20H26FN3O. The molecule has 0 saturated heterocycles. The Hall–Kier alpha value is -2.43. The highest BCUT2D eigenvalue weighted by Crippen LogP contribution is 2.11. The number of carbonyl (C=O) groups excluding carboxylic acids is 1. The molecule has 0 spiro atoms. The summed E-state index contributed by atoms with van der Waals surface area (Å²) in [7, 11) is 0. The van der Waals surface area contributed by atoms with E-state index in [1.165, 1.54) is 6.07 Å². The standard InChI is InChI=1S/C20H26FN3O/c1-3-13-24(14-4-2)20(25)17-9-10-19(23-15-17)22-12-11-16-7-5-6-8-18(16)21/h5-10,15H,3-4,11-14H2,1-2H3,(H,22,23). The minimum atomic E-state index is -0.190. The van der Waals surface area contributed by atoms with Crippen molar-refractivity contribution in [3.05, 3.63) is 59.5 Å². The van der Waals surface area contributed by atoms with Crippen LogP contribution in [0.25, 0.3) is 0 Å². The molecular weight excluding hydrogens is 317 g/mol. The molecule has 1 aromatic carbocycles. The second-order valence-electron chi connectivity index (χ2n) is 5.99. The lowest BCUT2D eigenvalue weighted by Gasteiger charge is -2.21. The number of halogens is 1. The number of pyridine rings is 1. The van der Waals surface area contributed by atoms with Crippen molar-refractivity contribution in [1.82, 2.24) is 9.88 Å². The fourth-order valence-corrected chi connectivity index (χ4v) is 2.69. The Bertz CT molecular complexity index is 667. The van der Waals surface area contributed by atoms with Gasteiger partial charge in [0, 0.05) is 25.8 Å². The number of hydrogen-bond acceptors (Lipinski definition) is 3. The molecule has 0 aliphatic carbocycles. The van der Waals surface area contributed by atoms with Crippen LogP contribution in [0.5, 0.6) is 0 Å². The number of rotatable bonds is 9. The van der Waals surface area contributed by atoms with Crippen LogP contribution >= 0.6 is 0 Å². The summed E-state index contributed by atoms with van der Waals surface area (Å²) in [4.78, 5) is 18.7. The summed E-state index contributed by atoms with van der Waals surface area (Å²) in [5.41, 5.74) is 1.28. The Labute approximate surface area is 149 Å². The molecule has 1 aromatic heterocycles. The van der Waals surface area contributed by atoms with Crippen LogP contribution < -0.4 is 5.32 Å². The lowest BCUT2D eigenvalue weighted by molar-refractivity contribution is 0.0755. The highest BCUT2D eigenvalue weighted by molar-refractivity contribution is 5.94. The predicted octanol–water partition coefficient (Wildman–Crippen LogP) is 4.14. The number of anilines is 1. The van der Waals surface area contributed by atoms with Gasteiger partial charge in [-0.2, -0.15) is 0 Å². The number of benzene rings is 1. The molecule has 0 fully saturated rings. The number of aromatic nitrogens is 1. The molecule has 0 radical (unpaired) electrons. The first-order valence-corrected chi connectivity index (χ1v) is 8.88. The van der Waals surface area contributed by atoms with Gasteiger partial charge >= 0.3 is 0 Å². The maximum atomic E-state index is 13.6. The number of hydrogen-bond donors (Lipinski definition) is 1. The molecule has 1 amide bonds. The maximum Gasteiger partial charge on any atom is 0.255 e. The molecule has 25 heavy (non-hydrogen) atoms. The van der Waals surface area contributed by atoms with Crippen LogP contribution in [0, 0.1) is 5.82 Å². The van der Waals surface area contributed by atoms with E-state index >= 15 is 0 Å². The first-order chi connectivity index (χ1) is 12.2. The van der Waals surface area contributed by atoms with Crippen LogP contribution in [0.2, 0.25) is 0 Å². The van der Waals surface area contributed by atoms with Gasteiger partial charge in [0.05, 0.1) is 5.56 Å². The summed E-state index contributed by atoms with van der Waals surface area (Å²) in [6.07, 6.45) is 4.06. The van der Waals surface area contributed by atoms with E-state index in [0.717, 1.165) is 25.9 Å². The van der Waals surface area contributed by atoms with Crippen molar-refractivity contribution in [3.63, 3.8) is 0 Å². The van der Waals surface area contributed by atoms with Crippen molar-refractivity contribution >= 4 is 11.7 Å². The third kappa shape index (κ3) is 5.55. The molecule has 0 unspecified atom stereocenters. The minimum absolute atomic E-state index is 0.0223. The van der Waals surface area contributed by atoms with Crippen molar-refractivity contribution in [2.45, 2.75) is 33.1 Å². The average Bonchev–Trinajstić information content (AvgIpc) is 2.63. The first kappa shape index (κ1) is 18.9. The van der Waals surface area contributed by atoms with E-state index in [9.17, 15) is 9.18 Å². The normalized spacial score (nSPS) is 10.5. The van der Waals surface area contributed by atoms with Gasteiger partial charge in [0.1, 0.15) is 11.6 Å². The lowest BCUT2D eigenvalue weighted by Crippen LogP contribution is -2.32. The van der Waals surface area contributed by atoms with Gasteiger partial charge < -0.3 is 10.2 Å². The van der Waals surface area contributed by atoms with Gasteiger partial charge in [-0.1, -0.05) is 32.0 Å². The van der Waals surface area contributed by atoms with Crippen LogP contribution in [0.15, 0.2) is 42.6 Å². The molecule has 1 heterocycles. The molecule has 2 rings (SSSR count). The molecule has 1 N–H and O–H groups in total. The molecule has 0 saturated carbocycles. The fourth-order valence-electron chi connectivity index (χ4n) is 2.69. The second-order valence-corrected chi connectivity index (χ2v) is 5.99. The van der Waals surface area contributed by atoms with Crippen molar-refractivity contribution < 1.29 is 9.18 Å². The summed E-state index contributed by atoms with van der Waals surface area (Å²) in [5.74, 6) is 0.518. The van der Waals surface area contributed by atoms with Gasteiger partial charge in [0.15, 0.2) is 0 Å². The van der Waals surface area contributed by atoms with E-state index in [1.807, 2.05) is 11.0 Å². The number of carbonyl (C=O) groups is 1. The molecule has 0 aliphatic rings. The van der Waals surface area contributed by atoms with E-state index in [-0.39, 0.29) is 11.7 Å². The SMILES string of the molecule is CCCN(CCC)C(=O)c1ccc(NCCc2ccccc2F)nc1. The molecule has 0 atom stereocenters. The van der Waals surface area contributed by atoms with Crippen LogP contribution in [0.3, 0.4) is 0 Å². The second kappa shape index (κ2) is 9.77. The molecule has 0 bridgehead atoms. The Morgan fingerprint density at radius 3 is 2.44 bits per heavy atom. The Kier molecular flexibility index (Phi) is 7.38. The Morgan fingerprint density at radius 1 is 1.12 bits per heavy atom. The van der Waals surface area contributed by atoms with Crippen LogP contribution in [0.4, 0.5) is 10.2 Å². The molecule has 2 aromatic rings. The topological polar surface area (TPSA) is 45.2 Å². The fraction of sp³-hybridized carbons (Fsp3) is 0.400. The van der Waals surface area contributed by atoms with E-state index < -0.39 is 0 Å². The average molecular weight is 343 g/mol. The summed E-state index contributed by atoms with van der Waals surface area (Å²) in [5, 5.41) is 3.16. The quantitative estimate of drug-likeness (QED) is 0.744. The summed E-state index contributed by atoms with van der Waals surface area (Å²) in [6.45, 7) is 6.23. The predicted molar refractivity (Wildman–Crippen MR) is 99.3 cm³/mol. The molecule has 134 valence electrons. The summed E-state index contributed by atoms with van der Waals surface area (Å²) >= 11 is 0. The summed E-state index contributed by atoms with van der Waals surface area (Å²) < 4.78 is 13.6. The smallest absolute Gasteiger partial charge is 0.255 e. The Morgan fingerprint density at radius 2 is 1.84 bits per heavy atom. The monoisotopic (exact) mass is 343 g/mol. The van der Waals surface area contributed by atoms with Gasteiger partial charge in [-0.3, -0.25) is 4.79 Å². The Balaban J connectivity index is 1.90. The third-order valence-electron chi connectivity index (χ3n) is 3.94. The van der Waals surface area contributed by atoms with E-state index in [4.69, 9.17) is 0 Å². The van der Waals surface area contributed by atoms with Gasteiger partial charge in [-0.05, 0) is 43.0 Å². The van der Waals surface area contributed by atoms with Crippen LogP contribution in [-0.4, -0.2) is 35.4 Å². The van der Waals surface area contributed by atoms with Gasteiger partial charge in [0.25, 0.3) is 5.91 Å². The van der Waals surface area contributed by atoms with Crippen molar-refractivity contribution in [1.29, 1.82) is 0 Å². The minimum Gasteiger partial charge on any atom is -0.370 e. The van der Waals surface area contributed by atoms with Gasteiger partial charge in [-0.25, -0.2) is 9.37 Å². The maximum absolute atomic E-state index is 13.6. The van der Waals surface area contributed by atoms with Crippen molar-refractivity contribution in [2.24, 2.45) is 0 Å². The number of amides is 1. The van der Waals surface area contributed by atoms with Crippen LogP contribution in [0.1, 0.15) is 42.6 Å². The molecule has 4 nitrogen and oxygen atoms in total. The van der Waals surface area contributed by atoms with Gasteiger partial charge in [0.2, 0.25) is 0 Å². The van der Waals surface area contributed by atoms with Crippen LogP contribution in [-0.2, 0) is 6.42 Å². The van der Waals surface area contributed by atoms with Crippen molar-refractivity contribution in [3.8, 4) is 0 Å². The molecule has 0 aliphatic heterocycles.